The molecule has 0 aliphatic carbocycles. The third-order valence-electron chi connectivity index (χ3n) is 3.59. The second-order valence-corrected chi connectivity index (χ2v) is 8.29. The number of hydrogen-bond donors (Lipinski definition) is 1. The van der Waals surface area contributed by atoms with Gasteiger partial charge in [0.15, 0.2) is 0 Å². The summed E-state index contributed by atoms with van der Waals surface area (Å²) in [6.07, 6.45) is 1.81. The van der Waals surface area contributed by atoms with Crippen LogP contribution in [0.4, 0.5) is 5.69 Å². The molecule has 0 spiro atoms. The molecule has 1 aromatic carbocycles. The van der Waals surface area contributed by atoms with Crippen LogP contribution in [0.3, 0.4) is 0 Å². The van der Waals surface area contributed by atoms with Crippen LogP contribution < -0.4 is 5.73 Å². The number of nitrogens with two attached hydrogens (primary N) is 1. The topological polar surface area (TPSA) is 72.6 Å². The number of piperidine rings is 1. The van der Waals surface area contributed by atoms with Gasteiger partial charge in [-0.3, -0.25) is 0 Å². The minimum atomic E-state index is -3.22. The molecule has 118 valence electrons. The molecular formula is C14H22N2O3S2. The summed E-state index contributed by atoms with van der Waals surface area (Å²) in [6.45, 7) is 1.07. The zero-order chi connectivity index (χ0) is 15.3. The van der Waals surface area contributed by atoms with Crippen molar-refractivity contribution in [1.29, 1.82) is 0 Å². The Hall–Kier alpha value is -0.760. The third-order valence-corrected chi connectivity index (χ3v) is 6.77. The van der Waals surface area contributed by atoms with E-state index < -0.39 is 10.0 Å². The maximum atomic E-state index is 12.3. The van der Waals surface area contributed by atoms with Gasteiger partial charge in [0.25, 0.3) is 0 Å². The average molecular weight is 330 g/mol. The van der Waals surface area contributed by atoms with E-state index in [0.717, 1.165) is 17.7 Å². The molecule has 1 aromatic rings. The molecule has 1 atom stereocenters. The minimum absolute atomic E-state index is 0.0194. The SMILES string of the molecule is COC1CCCN(S(=O)(=O)CCSc2ccccc2N)C1. The summed E-state index contributed by atoms with van der Waals surface area (Å²) in [5.74, 6) is 0.632. The second kappa shape index (κ2) is 7.49. The van der Waals surface area contributed by atoms with Crippen molar-refractivity contribution in [3.8, 4) is 0 Å². The number of ether oxygens (including phenoxy) is 1. The predicted octanol–water partition coefficient (Wildman–Crippen LogP) is 1.80. The summed E-state index contributed by atoms with van der Waals surface area (Å²) >= 11 is 1.48. The number of hydrogen-bond acceptors (Lipinski definition) is 5. The van der Waals surface area contributed by atoms with Crippen LogP contribution >= 0.6 is 11.8 Å². The van der Waals surface area contributed by atoms with Gasteiger partial charge >= 0.3 is 0 Å². The van der Waals surface area contributed by atoms with Crippen molar-refractivity contribution in [1.82, 2.24) is 4.31 Å². The number of rotatable bonds is 6. The van der Waals surface area contributed by atoms with Gasteiger partial charge in [0.1, 0.15) is 0 Å². The zero-order valence-corrected chi connectivity index (χ0v) is 13.8. The second-order valence-electron chi connectivity index (χ2n) is 5.06. The summed E-state index contributed by atoms with van der Waals surface area (Å²) in [6, 6.07) is 7.51. The molecule has 0 amide bonds. The van der Waals surface area contributed by atoms with Crippen LogP contribution in [0.1, 0.15) is 12.8 Å². The van der Waals surface area contributed by atoms with Crippen LogP contribution in [0.5, 0.6) is 0 Å². The summed E-state index contributed by atoms with van der Waals surface area (Å²) in [4.78, 5) is 0.932. The molecule has 21 heavy (non-hydrogen) atoms. The first-order valence-electron chi connectivity index (χ1n) is 7.01. The Morgan fingerprint density at radius 3 is 2.90 bits per heavy atom. The van der Waals surface area contributed by atoms with E-state index in [0.29, 0.717) is 24.5 Å². The number of nitrogens with zero attached hydrogens (tertiary/aromatic N) is 1. The lowest BCUT2D eigenvalue weighted by Crippen LogP contribution is -2.44. The molecule has 2 rings (SSSR count). The van der Waals surface area contributed by atoms with Gasteiger partial charge < -0.3 is 10.5 Å². The quantitative estimate of drug-likeness (QED) is 0.636. The Bertz CT molecular complexity index is 563. The van der Waals surface area contributed by atoms with E-state index in [2.05, 4.69) is 0 Å². The molecule has 0 radical (unpaired) electrons. The zero-order valence-electron chi connectivity index (χ0n) is 12.2. The Morgan fingerprint density at radius 2 is 2.19 bits per heavy atom. The molecule has 2 N–H and O–H groups in total. The molecular weight excluding hydrogens is 308 g/mol. The Morgan fingerprint density at radius 1 is 1.43 bits per heavy atom. The number of anilines is 1. The first-order valence-corrected chi connectivity index (χ1v) is 9.60. The highest BCUT2D eigenvalue weighted by Gasteiger charge is 2.28. The van der Waals surface area contributed by atoms with Gasteiger partial charge in [-0.25, -0.2) is 8.42 Å². The van der Waals surface area contributed by atoms with Crippen LogP contribution in [-0.2, 0) is 14.8 Å². The normalized spacial score (nSPS) is 20.5. The number of nitrogen functional groups attached to an aromatic ring is 1. The maximum absolute atomic E-state index is 12.3. The van der Waals surface area contributed by atoms with Gasteiger partial charge in [-0.2, -0.15) is 4.31 Å². The molecule has 0 bridgehead atoms. The summed E-state index contributed by atoms with van der Waals surface area (Å²) in [7, 11) is -1.58. The smallest absolute Gasteiger partial charge is 0.215 e. The summed E-state index contributed by atoms with van der Waals surface area (Å²) < 4.78 is 31.5. The van der Waals surface area contributed by atoms with E-state index in [1.165, 1.54) is 11.8 Å². The fourth-order valence-corrected chi connectivity index (χ4v) is 5.21. The minimum Gasteiger partial charge on any atom is -0.398 e. The monoisotopic (exact) mass is 330 g/mol. The first kappa shape index (κ1) is 16.6. The largest absolute Gasteiger partial charge is 0.398 e. The molecule has 5 nitrogen and oxygen atoms in total. The first-order chi connectivity index (χ1) is 10.0. The summed E-state index contributed by atoms with van der Waals surface area (Å²) in [5, 5.41) is 0. The van der Waals surface area contributed by atoms with Crippen molar-refractivity contribution < 1.29 is 13.2 Å². The lowest BCUT2D eigenvalue weighted by Gasteiger charge is -2.31. The van der Waals surface area contributed by atoms with Gasteiger partial charge in [-0.15, -0.1) is 11.8 Å². The number of thioether (sulfide) groups is 1. The van der Waals surface area contributed by atoms with Gasteiger partial charge in [0, 0.05) is 36.5 Å². The van der Waals surface area contributed by atoms with E-state index in [4.69, 9.17) is 10.5 Å². The highest BCUT2D eigenvalue weighted by Crippen LogP contribution is 2.25. The maximum Gasteiger partial charge on any atom is 0.215 e. The molecule has 0 saturated carbocycles. The summed E-state index contributed by atoms with van der Waals surface area (Å²) in [5.41, 5.74) is 6.54. The lowest BCUT2D eigenvalue weighted by molar-refractivity contribution is 0.0572. The van der Waals surface area contributed by atoms with Crippen molar-refractivity contribution in [2.75, 3.05) is 37.4 Å². The fraction of sp³-hybridized carbons (Fsp3) is 0.571. The van der Waals surface area contributed by atoms with E-state index >= 15 is 0 Å². The Balaban J connectivity index is 1.88. The third kappa shape index (κ3) is 4.60. The van der Waals surface area contributed by atoms with Crippen LogP contribution in [0, 0.1) is 0 Å². The number of methoxy groups -OCH3 is 1. The van der Waals surface area contributed by atoms with Gasteiger partial charge in [-0.05, 0) is 25.0 Å². The van der Waals surface area contributed by atoms with Crippen LogP contribution in [0.2, 0.25) is 0 Å². The predicted molar refractivity (Wildman–Crippen MR) is 87.0 cm³/mol. The Kier molecular flexibility index (Phi) is 5.92. The fourth-order valence-electron chi connectivity index (χ4n) is 2.35. The molecule has 1 unspecified atom stereocenters. The molecule has 1 aliphatic rings. The lowest BCUT2D eigenvalue weighted by atomic mass is 10.1. The standard InChI is InChI=1S/C14H22N2O3S2/c1-19-12-5-4-8-16(11-12)21(17,18)10-9-20-14-7-3-2-6-13(14)15/h2-3,6-7,12H,4-5,8-11,15H2,1H3. The van der Waals surface area contributed by atoms with Crippen molar-refractivity contribution >= 4 is 27.5 Å². The average Bonchev–Trinajstić information content (AvgIpc) is 2.49. The highest BCUT2D eigenvalue weighted by atomic mass is 32.2. The highest BCUT2D eigenvalue weighted by molar-refractivity contribution is 8.00. The molecule has 1 fully saturated rings. The van der Waals surface area contributed by atoms with Crippen LogP contribution in [0.15, 0.2) is 29.2 Å². The van der Waals surface area contributed by atoms with E-state index in [1.807, 2.05) is 24.3 Å². The molecule has 1 heterocycles. The molecule has 1 saturated heterocycles. The van der Waals surface area contributed by atoms with Gasteiger partial charge in [0.2, 0.25) is 10.0 Å². The van der Waals surface area contributed by atoms with E-state index in [9.17, 15) is 8.42 Å². The van der Waals surface area contributed by atoms with Crippen molar-refractivity contribution in [2.45, 2.75) is 23.8 Å². The number of para-hydroxylation sites is 1. The van der Waals surface area contributed by atoms with Gasteiger partial charge in [-0.1, -0.05) is 12.1 Å². The van der Waals surface area contributed by atoms with E-state index in [1.54, 1.807) is 11.4 Å². The molecule has 1 aliphatic heterocycles. The Labute approximate surface area is 130 Å². The number of sulfonamides is 1. The van der Waals surface area contributed by atoms with Crippen molar-refractivity contribution in [3.05, 3.63) is 24.3 Å². The van der Waals surface area contributed by atoms with Crippen LogP contribution in [0.25, 0.3) is 0 Å². The van der Waals surface area contributed by atoms with Crippen LogP contribution in [-0.4, -0.2) is 50.5 Å². The molecule has 7 heteroatoms. The molecule has 0 aromatic heterocycles. The number of benzene rings is 1. The van der Waals surface area contributed by atoms with Crippen molar-refractivity contribution in [2.24, 2.45) is 0 Å². The van der Waals surface area contributed by atoms with Gasteiger partial charge in [0.05, 0.1) is 11.9 Å². The van der Waals surface area contributed by atoms with E-state index in [-0.39, 0.29) is 11.9 Å². The van der Waals surface area contributed by atoms with Crippen molar-refractivity contribution in [3.63, 3.8) is 0 Å².